The van der Waals surface area contributed by atoms with Crippen LogP contribution in [0, 0.1) is 5.82 Å². The molecule has 2 N–H and O–H groups in total. The zero-order valence-electron chi connectivity index (χ0n) is 14.6. The predicted molar refractivity (Wildman–Crippen MR) is 108 cm³/mol. The first-order valence-electron chi connectivity index (χ1n) is 8.39. The maximum Gasteiger partial charge on any atom is 0.229 e. The van der Waals surface area contributed by atoms with Gasteiger partial charge in [-0.05, 0) is 47.2 Å². The van der Waals surface area contributed by atoms with Crippen molar-refractivity contribution in [3.05, 3.63) is 69.6 Å². The minimum Gasteiger partial charge on any atom is -0.318 e. The molecule has 0 aliphatic rings. The summed E-state index contributed by atoms with van der Waals surface area (Å²) in [4.78, 5) is 5.40. The van der Waals surface area contributed by atoms with Crippen molar-refractivity contribution in [3.8, 4) is 0 Å². The molecule has 1 unspecified atom stereocenters. The number of benzene rings is 1. The Kier molecular flexibility index (Phi) is 4.21. The van der Waals surface area contributed by atoms with Gasteiger partial charge in [0.15, 0.2) is 5.65 Å². The third kappa shape index (κ3) is 2.85. The minimum atomic E-state index is -4.05. The Hall–Kier alpha value is -2.73. The molecule has 0 spiro atoms. The van der Waals surface area contributed by atoms with Gasteiger partial charge >= 0.3 is 0 Å². The lowest BCUT2D eigenvalue weighted by Gasteiger charge is -2.11. The number of aromatic nitrogens is 4. The number of halogens is 1. The van der Waals surface area contributed by atoms with E-state index in [9.17, 15) is 12.8 Å². The number of hydrogen-bond donors (Lipinski definition) is 1. The highest BCUT2D eigenvalue weighted by molar-refractivity contribution is 7.91. The zero-order valence-corrected chi connectivity index (χ0v) is 17.0. The number of nitrogens with zero attached hydrogens (tertiary/aromatic N) is 4. The highest BCUT2D eigenvalue weighted by Gasteiger charge is 2.28. The van der Waals surface area contributed by atoms with Crippen molar-refractivity contribution in [2.45, 2.75) is 16.0 Å². The van der Waals surface area contributed by atoms with Gasteiger partial charge in [0.05, 0.1) is 26.8 Å². The van der Waals surface area contributed by atoms with Gasteiger partial charge in [0.2, 0.25) is 14.9 Å². The minimum absolute atomic E-state index is 0.0854. The Balaban J connectivity index is 1.77. The van der Waals surface area contributed by atoms with E-state index in [2.05, 4.69) is 15.3 Å². The lowest BCUT2D eigenvalue weighted by Crippen LogP contribution is -2.14. The third-order valence-electron chi connectivity index (χ3n) is 4.47. The summed E-state index contributed by atoms with van der Waals surface area (Å²) < 4.78 is 41.6. The third-order valence-corrected chi connectivity index (χ3v) is 8.02. The van der Waals surface area contributed by atoms with Crippen LogP contribution in [0.2, 0.25) is 0 Å². The van der Waals surface area contributed by atoms with Crippen LogP contribution >= 0.6 is 22.7 Å². The topological polar surface area (TPSA) is 103 Å². The maximum atomic E-state index is 13.2. The van der Waals surface area contributed by atoms with Gasteiger partial charge < -0.3 is 5.73 Å². The first-order chi connectivity index (χ1) is 14.0. The second kappa shape index (κ2) is 6.66. The number of rotatable bonds is 4. The van der Waals surface area contributed by atoms with Gasteiger partial charge in [-0.1, -0.05) is 11.3 Å². The normalized spacial score (nSPS) is 13.3. The van der Waals surface area contributed by atoms with E-state index in [1.807, 2.05) is 29.0 Å². The molecular weight excluding hydrogens is 433 g/mol. The van der Waals surface area contributed by atoms with Crippen molar-refractivity contribution in [1.82, 2.24) is 19.8 Å². The summed E-state index contributed by atoms with van der Waals surface area (Å²) in [6.45, 7) is 0. The molecule has 1 aromatic carbocycles. The summed E-state index contributed by atoms with van der Waals surface area (Å²) in [5.74, 6) is -0.529. The summed E-state index contributed by atoms with van der Waals surface area (Å²) in [6, 6.07) is 9.66. The smallest absolute Gasteiger partial charge is 0.229 e. The molecule has 7 nitrogen and oxygen atoms in total. The molecule has 4 heterocycles. The monoisotopic (exact) mass is 445 g/mol. The highest BCUT2D eigenvalue weighted by atomic mass is 32.2. The van der Waals surface area contributed by atoms with Crippen LogP contribution in [0.25, 0.3) is 15.9 Å². The van der Waals surface area contributed by atoms with Crippen LogP contribution in [0.1, 0.15) is 16.6 Å². The quantitative estimate of drug-likeness (QED) is 0.425. The Bertz CT molecular complexity index is 1440. The Labute approximate surface area is 172 Å². The van der Waals surface area contributed by atoms with Crippen LogP contribution in [0.5, 0.6) is 0 Å². The molecule has 0 aliphatic heterocycles. The van der Waals surface area contributed by atoms with Gasteiger partial charge in [-0.15, -0.1) is 27.8 Å². The molecule has 0 radical (unpaired) electrons. The first-order valence-corrected chi connectivity index (χ1v) is 11.6. The summed E-state index contributed by atoms with van der Waals surface area (Å²) in [5, 5.41) is 11.4. The van der Waals surface area contributed by atoms with Crippen LogP contribution in [-0.4, -0.2) is 28.2 Å². The molecule has 0 bridgehead atoms. The summed E-state index contributed by atoms with van der Waals surface area (Å²) >= 11 is 2.95. The van der Waals surface area contributed by atoms with Gasteiger partial charge in [-0.3, -0.25) is 0 Å². The van der Waals surface area contributed by atoms with E-state index in [1.54, 1.807) is 0 Å². The Morgan fingerprint density at radius 2 is 1.86 bits per heavy atom. The highest BCUT2D eigenvalue weighted by Crippen LogP contribution is 2.33. The maximum absolute atomic E-state index is 13.2. The molecule has 11 heteroatoms. The van der Waals surface area contributed by atoms with Crippen LogP contribution < -0.4 is 5.73 Å². The molecule has 0 fully saturated rings. The second-order valence-corrected chi connectivity index (χ2v) is 9.97. The zero-order chi connectivity index (χ0) is 20.2. The van der Waals surface area contributed by atoms with Crippen LogP contribution in [0.3, 0.4) is 0 Å². The Morgan fingerprint density at radius 1 is 1.07 bits per heavy atom. The fourth-order valence-corrected chi connectivity index (χ4v) is 5.92. The van der Waals surface area contributed by atoms with Gasteiger partial charge in [-0.25, -0.2) is 17.8 Å². The SMILES string of the molecule is NC(c1cccs1)c1nc2c(S(=O)(=O)c3ccc(F)cc3)nnn2c2ccsc12. The molecule has 0 saturated carbocycles. The van der Waals surface area contributed by atoms with E-state index in [0.717, 1.165) is 21.7 Å². The van der Waals surface area contributed by atoms with E-state index in [0.29, 0.717) is 11.2 Å². The van der Waals surface area contributed by atoms with E-state index in [1.165, 1.54) is 39.3 Å². The second-order valence-electron chi connectivity index (χ2n) is 6.21. The molecule has 1 atom stereocenters. The molecule has 5 rings (SSSR count). The molecule has 5 aromatic rings. The molecule has 0 amide bonds. The summed E-state index contributed by atoms with van der Waals surface area (Å²) in [5.41, 5.74) is 7.77. The Morgan fingerprint density at radius 3 is 2.59 bits per heavy atom. The number of hydrogen-bond acceptors (Lipinski definition) is 8. The number of fused-ring (bicyclic) bond motifs is 3. The molecule has 29 heavy (non-hydrogen) atoms. The van der Waals surface area contributed by atoms with Gasteiger partial charge in [-0.2, -0.15) is 4.52 Å². The van der Waals surface area contributed by atoms with E-state index in [-0.39, 0.29) is 15.6 Å². The fraction of sp³-hybridized carbons (Fsp3) is 0.0556. The van der Waals surface area contributed by atoms with Crippen LogP contribution in [0.15, 0.2) is 63.1 Å². The van der Waals surface area contributed by atoms with E-state index >= 15 is 0 Å². The van der Waals surface area contributed by atoms with E-state index < -0.39 is 21.7 Å². The van der Waals surface area contributed by atoms with Crippen molar-refractivity contribution in [2.24, 2.45) is 5.73 Å². The first kappa shape index (κ1) is 18.3. The molecule has 0 saturated heterocycles. The van der Waals surface area contributed by atoms with E-state index in [4.69, 9.17) is 5.73 Å². The summed E-state index contributed by atoms with van der Waals surface area (Å²) in [6.07, 6.45) is 0. The number of sulfone groups is 1. The predicted octanol–water partition coefficient (Wildman–Crippen LogP) is 3.42. The number of nitrogens with two attached hydrogens (primary N) is 1. The molecule has 146 valence electrons. The van der Waals surface area contributed by atoms with Crippen LogP contribution in [-0.2, 0) is 9.84 Å². The summed E-state index contributed by atoms with van der Waals surface area (Å²) in [7, 11) is -4.05. The van der Waals surface area contributed by atoms with Crippen molar-refractivity contribution in [1.29, 1.82) is 0 Å². The van der Waals surface area contributed by atoms with Gasteiger partial charge in [0.1, 0.15) is 5.82 Å². The van der Waals surface area contributed by atoms with Crippen LogP contribution in [0.4, 0.5) is 4.39 Å². The van der Waals surface area contributed by atoms with Crippen molar-refractivity contribution < 1.29 is 12.8 Å². The molecule has 4 aromatic heterocycles. The average molecular weight is 446 g/mol. The van der Waals surface area contributed by atoms with Gasteiger partial charge in [0, 0.05) is 4.88 Å². The average Bonchev–Trinajstić information content (AvgIpc) is 3.46. The molecule has 0 aliphatic carbocycles. The largest absolute Gasteiger partial charge is 0.318 e. The number of thiophene rings is 2. The lowest BCUT2D eigenvalue weighted by molar-refractivity contribution is 0.591. The van der Waals surface area contributed by atoms with Crippen molar-refractivity contribution >= 4 is 48.4 Å². The molecular formula is C18H12FN5O2S3. The van der Waals surface area contributed by atoms with Gasteiger partial charge in [0.25, 0.3) is 0 Å². The van der Waals surface area contributed by atoms with Crippen molar-refractivity contribution in [2.75, 3.05) is 0 Å². The fourth-order valence-electron chi connectivity index (χ4n) is 3.06. The lowest BCUT2D eigenvalue weighted by atomic mass is 10.1. The standard InChI is InChI=1S/C18H12FN5O2S3/c19-10-3-5-11(6-4-10)29(25,26)18-17-21-15(14(20)13-2-1-8-27-13)16-12(7-9-28-16)24(17)23-22-18/h1-9,14H,20H2. The van der Waals surface area contributed by atoms with Crippen molar-refractivity contribution in [3.63, 3.8) is 0 Å².